The van der Waals surface area contributed by atoms with Crippen LogP contribution in [0.2, 0.25) is 0 Å². The van der Waals surface area contributed by atoms with Gasteiger partial charge in [0.05, 0.1) is 11.2 Å². The number of rotatable bonds is 3. The van der Waals surface area contributed by atoms with Crippen molar-refractivity contribution >= 4 is 36.8 Å². The van der Waals surface area contributed by atoms with Gasteiger partial charge in [-0.1, -0.05) is 62.7 Å². The van der Waals surface area contributed by atoms with E-state index in [2.05, 4.69) is 31.1 Å². The topological polar surface area (TPSA) is 172 Å². The fraction of sp³-hybridized carbons (Fsp3) is 0.423. The van der Waals surface area contributed by atoms with E-state index in [1.54, 1.807) is 6.20 Å². The standard InChI is InChI=1S/C20H22N2O.C4H8O.2CHF3O3S.Nd/c1-20(2,3)16-10-4-8-15(19(16)23)13-22-17-11-5-7-14-9-6-12-21-18(14)17;1-2-4-5-3-1;2*2-1(3,4)8(5,6)7;/h4-12,22-23H,13H2,1-3H3;1-4H2;2*(H,5,6,7);/q;;;;+3/p-3. The van der Waals surface area contributed by atoms with Crippen molar-refractivity contribution in [2.75, 3.05) is 18.5 Å². The molecule has 0 atom stereocenters. The zero-order valence-electron chi connectivity index (χ0n) is 24.0. The summed E-state index contributed by atoms with van der Waals surface area (Å²) in [5.41, 5.74) is -7.93. The number of alkyl halides is 6. The second-order valence-electron chi connectivity index (χ2n) is 9.90. The Morgan fingerprint density at radius 2 is 1.29 bits per heavy atom. The summed E-state index contributed by atoms with van der Waals surface area (Å²) in [6.07, 6.45) is 4.34. The van der Waals surface area contributed by atoms with Gasteiger partial charge in [0.2, 0.25) is 0 Å². The van der Waals surface area contributed by atoms with Crippen LogP contribution in [0.25, 0.3) is 10.9 Å². The minimum Gasteiger partial charge on any atom is -0.872 e. The average molecular weight is 820 g/mol. The van der Waals surface area contributed by atoms with Crippen molar-refractivity contribution in [1.82, 2.24) is 4.98 Å². The first-order chi connectivity index (χ1) is 20.0. The van der Waals surface area contributed by atoms with E-state index in [4.69, 9.17) is 30.7 Å². The van der Waals surface area contributed by atoms with Crippen LogP contribution in [-0.2, 0) is 36.9 Å². The number of benzene rings is 2. The number of nitrogens with one attached hydrogen (secondary N) is 1. The van der Waals surface area contributed by atoms with Crippen molar-refractivity contribution in [3.63, 3.8) is 0 Å². The Hall–Kier alpha value is -1.84. The minimum absolute atomic E-state index is 0. The zero-order valence-corrected chi connectivity index (χ0v) is 28.9. The molecule has 19 heteroatoms. The second kappa shape index (κ2) is 17.9. The van der Waals surface area contributed by atoms with E-state index < -0.39 is 31.3 Å². The smallest absolute Gasteiger partial charge is 0.872 e. The molecule has 1 aliphatic rings. The van der Waals surface area contributed by atoms with Crippen molar-refractivity contribution in [1.29, 1.82) is 0 Å². The third-order valence-corrected chi connectivity index (χ3v) is 6.53. The summed E-state index contributed by atoms with van der Waals surface area (Å²) >= 11 is 0. The van der Waals surface area contributed by atoms with Crippen LogP contribution in [0.4, 0.5) is 32.0 Å². The molecular weight excluding hydrogens is 791 g/mol. The molecule has 1 aliphatic heterocycles. The van der Waals surface area contributed by atoms with Gasteiger partial charge in [-0.15, -0.1) is 5.75 Å². The maximum absolute atomic E-state index is 12.6. The molecule has 0 bridgehead atoms. The molecule has 1 fully saturated rings. The van der Waals surface area contributed by atoms with E-state index in [0.717, 1.165) is 40.9 Å². The first kappa shape index (κ1) is 43.2. The van der Waals surface area contributed by atoms with Crippen molar-refractivity contribution in [3.8, 4) is 5.75 Å². The van der Waals surface area contributed by atoms with Crippen LogP contribution < -0.4 is 10.4 Å². The Morgan fingerprint density at radius 3 is 1.71 bits per heavy atom. The number of ether oxygens (including phenoxy) is 1. The third-order valence-electron chi connectivity index (χ3n) is 5.40. The number of aromatic nitrogens is 1. The van der Waals surface area contributed by atoms with Gasteiger partial charge < -0.3 is 24.3 Å². The molecule has 2 aromatic carbocycles. The molecule has 249 valence electrons. The SMILES string of the molecule is C1CCOC1.CC(C)(C)c1cccc(CNc2cccc3cccnc23)c1[O-].O=S(=O)([O-])C(F)(F)F.O=S(=O)([O-])C(F)(F)F.[Nd+3]. The largest absolute Gasteiger partial charge is 3.00 e. The Bertz CT molecular complexity index is 1520. The normalized spacial score (nSPS) is 13.6. The molecule has 1 radical (unpaired) electrons. The molecule has 1 aromatic heterocycles. The molecule has 0 aliphatic carbocycles. The first-order valence-corrected chi connectivity index (χ1v) is 15.3. The van der Waals surface area contributed by atoms with Gasteiger partial charge in [-0.2, -0.15) is 26.3 Å². The fourth-order valence-corrected chi connectivity index (χ4v) is 3.26. The second-order valence-corrected chi connectivity index (χ2v) is 12.6. The van der Waals surface area contributed by atoms with E-state index in [1.165, 1.54) is 12.8 Å². The minimum atomic E-state index is -6.09. The Kier molecular flexibility index (Phi) is 17.2. The molecule has 0 spiro atoms. The van der Waals surface area contributed by atoms with Crippen LogP contribution in [0.5, 0.6) is 5.75 Å². The van der Waals surface area contributed by atoms with E-state index in [9.17, 15) is 31.4 Å². The monoisotopic (exact) mass is 817 g/mol. The zero-order chi connectivity index (χ0) is 34.0. The molecule has 0 unspecified atom stereocenters. The number of pyridine rings is 1. The van der Waals surface area contributed by atoms with Gasteiger partial charge in [0.15, 0.2) is 20.2 Å². The van der Waals surface area contributed by atoms with Gasteiger partial charge in [0, 0.05) is 31.3 Å². The summed E-state index contributed by atoms with van der Waals surface area (Å²) in [5.74, 6) is 0.126. The molecule has 10 nitrogen and oxygen atoms in total. The number of para-hydroxylation sites is 2. The summed E-state index contributed by atoms with van der Waals surface area (Å²) in [5, 5.41) is 17.1. The Balaban J connectivity index is 0.000000721. The summed E-state index contributed by atoms with van der Waals surface area (Å²) in [6.45, 7) is 8.69. The first-order valence-electron chi connectivity index (χ1n) is 12.5. The molecule has 2 heterocycles. The van der Waals surface area contributed by atoms with Gasteiger partial charge in [-0.05, 0) is 36.0 Å². The van der Waals surface area contributed by atoms with Gasteiger partial charge in [-0.3, -0.25) is 4.98 Å². The number of fused-ring (bicyclic) bond motifs is 1. The Labute approximate surface area is 289 Å². The molecule has 0 amide bonds. The van der Waals surface area contributed by atoms with Crippen molar-refractivity contribution < 1.29 is 103 Å². The maximum atomic E-state index is 12.6. The van der Waals surface area contributed by atoms with Gasteiger partial charge in [0.25, 0.3) is 0 Å². The predicted octanol–water partition coefficient (Wildman–Crippen LogP) is 5.12. The molecule has 3 aromatic rings. The molecule has 1 saturated heterocycles. The van der Waals surface area contributed by atoms with Crippen LogP contribution >= 0.6 is 0 Å². The van der Waals surface area contributed by atoms with Crippen LogP contribution in [0, 0.1) is 40.8 Å². The van der Waals surface area contributed by atoms with E-state index in [-0.39, 0.29) is 52.0 Å². The van der Waals surface area contributed by atoms with Crippen molar-refractivity contribution in [3.05, 3.63) is 65.9 Å². The number of hydrogen-bond donors (Lipinski definition) is 1. The third kappa shape index (κ3) is 15.1. The summed E-state index contributed by atoms with van der Waals surface area (Å²) < 4.78 is 123. The fourth-order valence-electron chi connectivity index (χ4n) is 3.26. The van der Waals surface area contributed by atoms with Crippen molar-refractivity contribution in [2.45, 2.75) is 56.6 Å². The quantitative estimate of drug-likeness (QED) is 0.213. The average Bonchev–Trinajstić information content (AvgIpc) is 3.46. The Morgan fingerprint density at radius 1 is 0.822 bits per heavy atom. The molecular formula is C26H29F6N2NdO8S2. The number of nitrogens with zero attached hydrogens (tertiary/aromatic N) is 1. The van der Waals surface area contributed by atoms with E-state index in [0.29, 0.717) is 6.54 Å². The number of halogens is 6. The number of anilines is 1. The molecule has 45 heavy (non-hydrogen) atoms. The van der Waals surface area contributed by atoms with Gasteiger partial charge in [-0.25, -0.2) is 16.8 Å². The van der Waals surface area contributed by atoms with E-state index >= 15 is 0 Å². The van der Waals surface area contributed by atoms with Crippen LogP contribution in [0.15, 0.2) is 54.7 Å². The van der Waals surface area contributed by atoms with Gasteiger partial charge >= 0.3 is 51.9 Å². The summed E-state index contributed by atoms with van der Waals surface area (Å²) in [6, 6.07) is 15.8. The summed E-state index contributed by atoms with van der Waals surface area (Å²) in [4.78, 5) is 4.43. The maximum Gasteiger partial charge on any atom is 3.00 e. The predicted molar refractivity (Wildman–Crippen MR) is 145 cm³/mol. The van der Waals surface area contributed by atoms with Crippen LogP contribution in [0.3, 0.4) is 0 Å². The van der Waals surface area contributed by atoms with Crippen LogP contribution in [0.1, 0.15) is 44.7 Å². The molecule has 1 N–H and O–H groups in total. The van der Waals surface area contributed by atoms with Gasteiger partial charge in [0.1, 0.15) is 0 Å². The summed E-state index contributed by atoms with van der Waals surface area (Å²) in [7, 11) is -12.2. The number of hydrogen-bond acceptors (Lipinski definition) is 10. The van der Waals surface area contributed by atoms with Crippen molar-refractivity contribution in [2.24, 2.45) is 0 Å². The van der Waals surface area contributed by atoms with Crippen LogP contribution in [-0.4, -0.2) is 55.2 Å². The molecule has 4 rings (SSSR count). The molecule has 0 saturated carbocycles. The van der Waals surface area contributed by atoms with E-state index in [1.807, 2.05) is 48.5 Å².